The van der Waals surface area contributed by atoms with Gasteiger partial charge in [0.05, 0.1) is 24.0 Å². The van der Waals surface area contributed by atoms with Gasteiger partial charge in [-0.25, -0.2) is 23.1 Å². The molecule has 4 nitrogen and oxygen atoms in total. The fraction of sp³-hybridized carbons (Fsp3) is 0.171. The summed E-state index contributed by atoms with van der Waals surface area (Å²) in [5.74, 6) is -2.60. The van der Waals surface area contributed by atoms with E-state index in [1.165, 1.54) is 16.7 Å². The van der Waals surface area contributed by atoms with Crippen molar-refractivity contribution in [3.05, 3.63) is 186 Å². The summed E-state index contributed by atoms with van der Waals surface area (Å²) in [5.41, 5.74) is 5.40. The lowest BCUT2D eigenvalue weighted by molar-refractivity contribution is 0.106. The summed E-state index contributed by atoms with van der Waals surface area (Å²) in [7, 11) is 0. The number of ether oxygens (including phenoxy) is 1. The van der Waals surface area contributed by atoms with Crippen LogP contribution in [0.2, 0.25) is 0 Å². The lowest BCUT2D eigenvalue weighted by Gasteiger charge is -2.37. The van der Waals surface area contributed by atoms with E-state index in [4.69, 9.17) is 14.7 Å². The number of nitrogens with zero attached hydrogens (tertiary/aromatic N) is 3. The molecule has 2 unspecified atom stereocenters. The van der Waals surface area contributed by atoms with Crippen LogP contribution in [0.5, 0.6) is 0 Å². The first-order valence-corrected chi connectivity index (χ1v) is 17.1. The van der Waals surface area contributed by atoms with Crippen molar-refractivity contribution in [2.45, 2.75) is 29.1 Å². The molecule has 0 saturated carbocycles. The zero-order chi connectivity index (χ0) is 33.6. The molecule has 5 aromatic carbocycles. The van der Waals surface area contributed by atoms with Gasteiger partial charge in [-0.3, -0.25) is 0 Å². The molecule has 7 rings (SSSR count). The highest BCUT2D eigenvalue weighted by Crippen LogP contribution is 2.52. The van der Waals surface area contributed by atoms with E-state index >= 15 is 0 Å². The smallest absolute Gasteiger partial charge is 0.225 e. The number of hydrogen-bond donors (Lipinski definition) is 0. The van der Waals surface area contributed by atoms with Crippen LogP contribution in [0.25, 0.3) is 11.1 Å². The maximum absolute atomic E-state index is 14.5. The minimum Gasteiger partial charge on any atom is -0.375 e. The topological polar surface area (TPSA) is 38.2 Å². The van der Waals surface area contributed by atoms with Crippen molar-refractivity contribution in [3.63, 3.8) is 0 Å². The molecule has 0 spiro atoms. The minimum absolute atomic E-state index is 0.0333. The summed E-state index contributed by atoms with van der Waals surface area (Å²) >= 11 is 1.89. The Morgan fingerprint density at radius 2 is 1.16 bits per heavy atom. The van der Waals surface area contributed by atoms with Gasteiger partial charge >= 0.3 is 0 Å². The van der Waals surface area contributed by atoms with Gasteiger partial charge in [0.15, 0.2) is 11.6 Å². The zero-order valence-corrected chi connectivity index (χ0v) is 27.4. The number of benzene rings is 5. The molecule has 2 heterocycles. The fourth-order valence-electron chi connectivity index (χ4n) is 6.56. The maximum Gasteiger partial charge on any atom is 0.225 e. The van der Waals surface area contributed by atoms with Gasteiger partial charge in [-0.15, -0.1) is 11.8 Å². The number of hydrogen-bond acceptors (Lipinski definition) is 5. The van der Waals surface area contributed by atoms with E-state index in [0.717, 1.165) is 23.6 Å². The second kappa shape index (κ2) is 14.7. The van der Waals surface area contributed by atoms with E-state index in [-0.39, 0.29) is 30.1 Å². The van der Waals surface area contributed by atoms with Crippen molar-refractivity contribution < 1.29 is 17.9 Å². The van der Waals surface area contributed by atoms with Crippen LogP contribution in [0.4, 0.5) is 19.1 Å². The number of aromatic nitrogens is 2. The summed E-state index contributed by atoms with van der Waals surface area (Å²) in [4.78, 5) is 11.7. The van der Waals surface area contributed by atoms with Crippen molar-refractivity contribution in [2.24, 2.45) is 0 Å². The first-order valence-electron chi connectivity index (χ1n) is 16.2. The van der Waals surface area contributed by atoms with Gasteiger partial charge < -0.3 is 9.64 Å². The van der Waals surface area contributed by atoms with Crippen LogP contribution in [0, 0.1) is 17.5 Å². The Bertz CT molecular complexity index is 1870. The van der Waals surface area contributed by atoms with E-state index in [9.17, 15) is 13.2 Å². The van der Waals surface area contributed by atoms with Crippen molar-refractivity contribution in [2.75, 3.05) is 18.1 Å². The molecule has 246 valence electrons. The first kappa shape index (κ1) is 32.6. The molecule has 2 atom stereocenters. The largest absolute Gasteiger partial charge is 0.375 e. The molecule has 49 heavy (non-hydrogen) atoms. The van der Waals surface area contributed by atoms with Gasteiger partial charge in [0.25, 0.3) is 0 Å². The highest BCUT2D eigenvalue weighted by molar-refractivity contribution is 8.01. The Labute approximate surface area is 288 Å². The number of rotatable bonds is 11. The van der Waals surface area contributed by atoms with E-state index < -0.39 is 22.2 Å². The molecule has 0 bridgehead atoms. The molecule has 1 saturated heterocycles. The third-order valence-electron chi connectivity index (χ3n) is 8.92. The summed E-state index contributed by atoms with van der Waals surface area (Å²) in [6.07, 6.45) is 4.38. The van der Waals surface area contributed by atoms with Gasteiger partial charge in [0.2, 0.25) is 5.95 Å². The lowest BCUT2D eigenvalue weighted by Crippen LogP contribution is -2.35. The second-order valence-corrected chi connectivity index (χ2v) is 13.6. The highest BCUT2D eigenvalue weighted by Gasteiger charge is 2.43. The number of anilines is 1. The average molecular weight is 674 g/mol. The quantitative estimate of drug-likeness (QED) is 0.101. The third kappa shape index (κ3) is 6.98. The van der Waals surface area contributed by atoms with Crippen LogP contribution in [0.1, 0.15) is 28.7 Å². The van der Waals surface area contributed by atoms with Gasteiger partial charge in [-0.2, -0.15) is 0 Å². The summed E-state index contributed by atoms with van der Waals surface area (Å²) < 4.78 is 47.5. The standard InChI is InChI=1S/C41H34F3N3OS/c42-37-23-39(44)38(43)21-30(37)27-48-28-35-22-36(26-47(35)40-45-24-31(25-46-40)29-13-5-1-6-14-29)49-41(32-15-7-2-8-16-32,33-17-9-3-10-18-33)34-19-11-4-12-20-34/h1-21,23-25,35-36H,22,26-28H2. The van der Waals surface area contributed by atoms with E-state index in [1.54, 1.807) is 0 Å². The molecule has 8 heteroatoms. The normalized spacial score (nSPS) is 16.2. The van der Waals surface area contributed by atoms with Gasteiger partial charge in [-0.05, 0) is 34.7 Å². The predicted molar refractivity (Wildman–Crippen MR) is 190 cm³/mol. The third-order valence-corrected chi connectivity index (χ3v) is 10.7. The molecule has 0 aliphatic carbocycles. The van der Waals surface area contributed by atoms with Crippen molar-refractivity contribution >= 4 is 17.7 Å². The zero-order valence-electron chi connectivity index (χ0n) is 26.6. The van der Waals surface area contributed by atoms with E-state index in [2.05, 4.69) is 77.7 Å². The Balaban J connectivity index is 1.22. The maximum atomic E-state index is 14.5. The molecule has 0 N–H and O–H groups in total. The van der Waals surface area contributed by atoms with Crippen LogP contribution in [0.3, 0.4) is 0 Å². The number of thioether (sulfide) groups is 1. The highest BCUT2D eigenvalue weighted by atomic mass is 32.2. The molecular formula is C41H34F3N3OS. The molecule has 1 fully saturated rings. The number of halogens is 3. The molecule has 6 aromatic rings. The van der Waals surface area contributed by atoms with E-state index in [0.29, 0.717) is 18.6 Å². The van der Waals surface area contributed by atoms with Gasteiger partial charge in [0.1, 0.15) is 5.82 Å². The molecule has 1 aliphatic heterocycles. The SMILES string of the molecule is Fc1cc(F)c(COCC2CC(SC(c3ccccc3)(c3ccccc3)c3ccccc3)CN2c2ncc(-c3ccccc3)cn2)cc1F. The van der Waals surface area contributed by atoms with Crippen LogP contribution in [-0.2, 0) is 16.1 Å². The molecule has 0 amide bonds. The summed E-state index contributed by atoms with van der Waals surface area (Å²) in [6.45, 7) is 0.659. The average Bonchev–Trinajstić information content (AvgIpc) is 3.56. The van der Waals surface area contributed by atoms with Gasteiger partial charge in [0, 0.05) is 41.4 Å². The lowest BCUT2D eigenvalue weighted by atomic mass is 9.84. The monoisotopic (exact) mass is 673 g/mol. The van der Waals surface area contributed by atoms with Crippen LogP contribution < -0.4 is 4.90 Å². The Morgan fingerprint density at radius 1 is 0.653 bits per heavy atom. The van der Waals surface area contributed by atoms with E-state index in [1.807, 2.05) is 72.7 Å². The molecule has 1 aromatic heterocycles. The summed E-state index contributed by atoms with van der Waals surface area (Å²) in [6, 6.07) is 42.9. The minimum atomic E-state index is -1.22. The van der Waals surface area contributed by atoms with Crippen molar-refractivity contribution in [1.29, 1.82) is 0 Å². The second-order valence-electron chi connectivity index (χ2n) is 12.1. The fourth-order valence-corrected chi connectivity index (χ4v) is 8.43. The van der Waals surface area contributed by atoms with Crippen molar-refractivity contribution in [1.82, 2.24) is 9.97 Å². The molecule has 0 radical (unpaired) electrons. The van der Waals surface area contributed by atoms with Crippen LogP contribution in [0.15, 0.2) is 146 Å². The van der Waals surface area contributed by atoms with Crippen LogP contribution >= 0.6 is 11.8 Å². The Kier molecular flexibility index (Phi) is 9.77. The van der Waals surface area contributed by atoms with Crippen LogP contribution in [-0.4, -0.2) is 34.4 Å². The Morgan fingerprint density at radius 3 is 1.71 bits per heavy atom. The van der Waals surface area contributed by atoms with Crippen molar-refractivity contribution in [3.8, 4) is 11.1 Å². The predicted octanol–water partition coefficient (Wildman–Crippen LogP) is 9.45. The molecular weight excluding hydrogens is 640 g/mol. The Hall–Kier alpha value is -4.92. The van der Waals surface area contributed by atoms with Gasteiger partial charge in [-0.1, -0.05) is 121 Å². The first-order chi connectivity index (χ1) is 24.0. The summed E-state index contributed by atoms with van der Waals surface area (Å²) in [5, 5.41) is 0.103. The molecule has 1 aliphatic rings.